The number of nitrogens with one attached hydrogen (secondary N) is 1. The second-order valence-electron chi connectivity index (χ2n) is 7.38. The average Bonchev–Trinajstić information content (AvgIpc) is 3.55. The lowest BCUT2D eigenvalue weighted by atomic mass is 10.0. The highest BCUT2D eigenvalue weighted by Crippen LogP contribution is 2.41. The molecular weight excluding hydrogens is 488 g/mol. The number of aromatic amines is 1. The van der Waals surface area contributed by atoms with Crippen LogP contribution in [0.3, 0.4) is 0 Å². The molecule has 9 nitrogen and oxygen atoms in total. The van der Waals surface area contributed by atoms with Gasteiger partial charge in [-0.3, -0.25) is 0 Å². The molecule has 0 aliphatic heterocycles. The third kappa shape index (κ3) is 3.82. The fourth-order valence-corrected chi connectivity index (χ4v) is 4.34. The predicted molar refractivity (Wildman–Crippen MR) is 125 cm³/mol. The van der Waals surface area contributed by atoms with E-state index in [0.29, 0.717) is 30.4 Å². The first-order valence-electron chi connectivity index (χ1n) is 10.3. The standard InChI is InChI=1S/C23H19BrN6O3/c1-3-32-23(31)20-13(2)30(12-25-20)11-14-8-9-18-17(10-14)19(24)21(33-18)15-6-4-5-7-16(15)22-26-28-29-27-22/h4-10,12H,3,11H2,1-2H3,(H,26,27,28,29). The molecule has 1 N–H and O–H groups in total. The summed E-state index contributed by atoms with van der Waals surface area (Å²) in [5.41, 5.74) is 4.55. The highest BCUT2D eigenvalue weighted by Gasteiger charge is 2.20. The number of carbonyl (C=O) groups excluding carboxylic acids is 1. The largest absolute Gasteiger partial charge is 0.461 e. The van der Waals surface area contributed by atoms with E-state index in [9.17, 15) is 4.79 Å². The van der Waals surface area contributed by atoms with Crippen molar-refractivity contribution >= 4 is 32.9 Å². The van der Waals surface area contributed by atoms with Crippen molar-refractivity contribution in [2.24, 2.45) is 0 Å². The van der Waals surface area contributed by atoms with Crippen molar-refractivity contribution < 1.29 is 13.9 Å². The number of fused-ring (bicyclic) bond motifs is 1. The molecule has 5 rings (SSSR count). The van der Waals surface area contributed by atoms with Crippen molar-refractivity contribution in [3.8, 4) is 22.7 Å². The van der Waals surface area contributed by atoms with Crippen LogP contribution < -0.4 is 0 Å². The Morgan fingerprint density at radius 2 is 2.03 bits per heavy atom. The van der Waals surface area contributed by atoms with Crippen LogP contribution in [0.5, 0.6) is 0 Å². The lowest BCUT2D eigenvalue weighted by Gasteiger charge is -2.06. The quantitative estimate of drug-likeness (QED) is 0.330. The maximum Gasteiger partial charge on any atom is 0.358 e. The predicted octanol–water partition coefficient (Wildman–Crippen LogP) is 4.77. The number of halogens is 1. The van der Waals surface area contributed by atoms with E-state index in [4.69, 9.17) is 9.15 Å². The number of tetrazole rings is 1. The van der Waals surface area contributed by atoms with Crippen LogP contribution in [0, 0.1) is 6.92 Å². The summed E-state index contributed by atoms with van der Waals surface area (Å²) in [7, 11) is 0. The van der Waals surface area contributed by atoms with E-state index in [0.717, 1.165) is 37.8 Å². The van der Waals surface area contributed by atoms with Crippen LogP contribution in [-0.2, 0) is 11.3 Å². The lowest BCUT2D eigenvalue weighted by molar-refractivity contribution is 0.0519. The van der Waals surface area contributed by atoms with Gasteiger partial charge in [-0.2, -0.15) is 5.21 Å². The molecule has 0 bridgehead atoms. The molecular formula is C23H19BrN6O3. The van der Waals surface area contributed by atoms with Gasteiger partial charge in [-0.1, -0.05) is 30.3 Å². The molecule has 3 heterocycles. The Morgan fingerprint density at radius 3 is 2.79 bits per heavy atom. The summed E-state index contributed by atoms with van der Waals surface area (Å²) in [6.07, 6.45) is 1.66. The first-order valence-corrected chi connectivity index (χ1v) is 11.1. The van der Waals surface area contributed by atoms with Crippen LogP contribution in [0.15, 0.2) is 57.7 Å². The van der Waals surface area contributed by atoms with Crippen LogP contribution in [0.1, 0.15) is 28.7 Å². The average molecular weight is 507 g/mol. The number of hydrogen-bond donors (Lipinski definition) is 1. The normalized spacial score (nSPS) is 11.2. The molecule has 0 fully saturated rings. The van der Waals surface area contributed by atoms with Gasteiger partial charge in [-0.05, 0) is 52.7 Å². The van der Waals surface area contributed by atoms with E-state index in [1.165, 1.54) is 0 Å². The molecule has 0 saturated heterocycles. The zero-order chi connectivity index (χ0) is 22.9. The Labute approximate surface area is 196 Å². The number of hydrogen-bond acceptors (Lipinski definition) is 7. The minimum absolute atomic E-state index is 0.314. The van der Waals surface area contributed by atoms with Gasteiger partial charge in [0.25, 0.3) is 0 Å². The van der Waals surface area contributed by atoms with Crippen LogP contribution in [0.4, 0.5) is 0 Å². The SMILES string of the molecule is CCOC(=O)c1ncn(Cc2ccc3oc(-c4ccccc4-c4nn[nH]n4)c(Br)c3c2)c1C. The van der Waals surface area contributed by atoms with Gasteiger partial charge in [0.2, 0.25) is 5.82 Å². The number of rotatable bonds is 6. The van der Waals surface area contributed by atoms with Crippen molar-refractivity contribution in [2.45, 2.75) is 20.4 Å². The minimum atomic E-state index is -0.410. The van der Waals surface area contributed by atoms with E-state index in [1.807, 2.05) is 47.9 Å². The third-order valence-electron chi connectivity index (χ3n) is 5.37. The molecule has 166 valence electrons. The summed E-state index contributed by atoms with van der Waals surface area (Å²) >= 11 is 3.72. The summed E-state index contributed by atoms with van der Waals surface area (Å²) < 4.78 is 14.0. The summed E-state index contributed by atoms with van der Waals surface area (Å²) in [4.78, 5) is 16.3. The molecule has 0 unspecified atom stereocenters. The smallest absolute Gasteiger partial charge is 0.358 e. The second kappa shape index (κ2) is 8.62. The Kier molecular flexibility index (Phi) is 5.51. The maximum absolute atomic E-state index is 12.1. The van der Waals surface area contributed by atoms with Gasteiger partial charge in [0.15, 0.2) is 5.69 Å². The Hall–Kier alpha value is -3.79. The third-order valence-corrected chi connectivity index (χ3v) is 6.16. The highest BCUT2D eigenvalue weighted by atomic mass is 79.9. The summed E-state index contributed by atoms with van der Waals surface area (Å²) in [6.45, 7) is 4.50. The van der Waals surface area contributed by atoms with Gasteiger partial charge in [-0.25, -0.2) is 9.78 Å². The number of H-pyrrole nitrogens is 1. The number of furan rings is 1. The van der Waals surface area contributed by atoms with Gasteiger partial charge in [-0.15, -0.1) is 10.2 Å². The minimum Gasteiger partial charge on any atom is -0.461 e. The molecule has 0 aliphatic rings. The number of imidazole rings is 1. The second-order valence-corrected chi connectivity index (χ2v) is 8.18. The van der Waals surface area contributed by atoms with Crippen molar-refractivity contribution in [1.29, 1.82) is 0 Å². The van der Waals surface area contributed by atoms with E-state index in [-0.39, 0.29) is 0 Å². The lowest BCUT2D eigenvalue weighted by Crippen LogP contribution is -2.08. The zero-order valence-corrected chi connectivity index (χ0v) is 19.5. The van der Waals surface area contributed by atoms with Crippen molar-refractivity contribution in [1.82, 2.24) is 30.2 Å². The molecule has 0 aliphatic carbocycles. The molecule has 0 atom stereocenters. The molecule has 2 aromatic carbocycles. The van der Waals surface area contributed by atoms with Crippen LogP contribution in [0.2, 0.25) is 0 Å². The number of nitrogens with zero attached hydrogens (tertiary/aromatic N) is 5. The van der Waals surface area contributed by atoms with Gasteiger partial charge in [0.1, 0.15) is 11.3 Å². The number of esters is 1. The van der Waals surface area contributed by atoms with E-state index < -0.39 is 5.97 Å². The van der Waals surface area contributed by atoms with Crippen molar-refractivity contribution in [3.05, 3.63) is 70.2 Å². The fraction of sp³-hybridized carbons (Fsp3) is 0.174. The van der Waals surface area contributed by atoms with Crippen molar-refractivity contribution in [2.75, 3.05) is 6.61 Å². The molecule has 0 spiro atoms. The first-order chi connectivity index (χ1) is 16.1. The molecule has 10 heteroatoms. The molecule has 0 radical (unpaired) electrons. The Bertz CT molecular complexity index is 1450. The van der Waals surface area contributed by atoms with Crippen molar-refractivity contribution in [3.63, 3.8) is 0 Å². The molecule has 0 amide bonds. The number of ether oxygens (including phenoxy) is 1. The van der Waals surface area contributed by atoms with E-state index >= 15 is 0 Å². The summed E-state index contributed by atoms with van der Waals surface area (Å²) in [5, 5.41) is 15.3. The Morgan fingerprint density at radius 1 is 1.21 bits per heavy atom. The first kappa shape index (κ1) is 21.1. The summed E-state index contributed by atoms with van der Waals surface area (Å²) in [6, 6.07) is 13.7. The molecule has 3 aromatic heterocycles. The number of aromatic nitrogens is 6. The Balaban J connectivity index is 1.51. The van der Waals surface area contributed by atoms with Crippen LogP contribution >= 0.6 is 15.9 Å². The topological polar surface area (TPSA) is 112 Å². The number of carbonyl (C=O) groups is 1. The highest BCUT2D eigenvalue weighted by molar-refractivity contribution is 9.10. The van der Waals surface area contributed by atoms with Crippen LogP contribution in [-0.4, -0.2) is 42.8 Å². The maximum atomic E-state index is 12.1. The van der Waals surface area contributed by atoms with E-state index in [1.54, 1.807) is 13.3 Å². The van der Waals surface area contributed by atoms with Gasteiger partial charge in [0, 0.05) is 28.8 Å². The van der Waals surface area contributed by atoms with Gasteiger partial charge < -0.3 is 13.7 Å². The van der Waals surface area contributed by atoms with E-state index in [2.05, 4.69) is 47.6 Å². The molecule has 33 heavy (non-hydrogen) atoms. The van der Waals surface area contributed by atoms with Gasteiger partial charge in [0.05, 0.1) is 17.4 Å². The fourth-order valence-electron chi connectivity index (χ4n) is 3.74. The monoisotopic (exact) mass is 506 g/mol. The van der Waals surface area contributed by atoms with Crippen LogP contribution in [0.25, 0.3) is 33.7 Å². The van der Waals surface area contributed by atoms with Gasteiger partial charge >= 0.3 is 5.97 Å². The molecule has 0 saturated carbocycles. The number of benzene rings is 2. The zero-order valence-electron chi connectivity index (χ0n) is 17.9. The summed E-state index contributed by atoms with van der Waals surface area (Å²) in [5.74, 6) is 0.768. The molecule has 5 aromatic rings.